The Balaban J connectivity index is 1.47. The summed E-state index contributed by atoms with van der Waals surface area (Å²) in [5.74, 6) is -2.98. The molecule has 3 aliphatic heterocycles. The zero-order valence-electron chi connectivity index (χ0n) is 14.7. The summed E-state index contributed by atoms with van der Waals surface area (Å²) in [7, 11) is -3.50. The van der Waals surface area contributed by atoms with E-state index in [1.54, 1.807) is 0 Å². The molecule has 1 amide bonds. The molecule has 0 unspecified atom stereocenters. The second-order valence-corrected chi connectivity index (χ2v) is 9.24. The van der Waals surface area contributed by atoms with Gasteiger partial charge in [-0.25, -0.2) is 8.42 Å². The lowest BCUT2D eigenvalue weighted by Crippen LogP contribution is -2.40. The number of fused-ring (bicyclic) bond motifs is 2. The highest BCUT2D eigenvalue weighted by molar-refractivity contribution is 7.89. The van der Waals surface area contributed by atoms with Crippen LogP contribution in [0.15, 0.2) is 29.2 Å². The molecule has 1 aromatic rings. The molecule has 3 saturated heterocycles. The summed E-state index contributed by atoms with van der Waals surface area (Å²) in [5, 5.41) is 12.1. The Morgan fingerprint density at radius 3 is 2.22 bits per heavy atom. The van der Waals surface area contributed by atoms with Gasteiger partial charge in [-0.1, -0.05) is 0 Å². The number of nitrogens with one attached hydrogen (secondary N) is 1. The molecule has 1 aromatic carbocycles. The molecular formula is C18H22N2O6S. The van der Waals surface area contributed by atoms with Crippen molar-refractivity contribution < 1.29 is 27.9 Å². The van der Waals surface area contributed by atoms with Crippen molar-refractivity contribution in [1.82, 2.24) is 4.31 Å². The van der Waals surface area contributed by atoms with Gasteiger partial charge in [-0.15, -0.1) is 0 Å². The van der Waals surface area contributed by atoms with Gasteiger partial charge < -0.3 is 15.2 Å². The molecule has 0 spiro atoms. The molecule has 0 aromatic heterocycles. The first-order valence-electron chi connectivity index (χ1n) is 9.17. The quantitative estimate of drug-likeness (QED) is 0.778. The number of anilines is 1. The van der Waals surface area contributed by atoms with Crippen LogP contribution in [0.1, 0.15) is 25.7 Å². The highest BCUT2D eigenvalue weighted by atomic mass is 32.2. The van der Waals surface area contributed by atoms with Crippen molar-refractivity contribution in [3.63, 3.8) is 0 Å². The fourth-order valence-corrected chi connectivity index (χ4v) is 5.86. The SMILES string of the molecule is O=C(Nc1ccc(S(=O)(=O)N2CCCC2)cc1)[C@@H]1[C@H](C(=O)O)[C@@H]2CC[C@H]1O2. The van der Waals surface area contributed by atoms with Crippen LogP contribution < -0.4 is 5.32 Å². The van der Waals surface area contributed by atoms with E-state index < -0.39 is 39.8 Å². The number of hydrogen-bond donors (Lipinski definition) is 2. The summed E-state index contributed by atoms with van der Waals surface area (Å²) in [6, 6.07) is 6.00. The maximum absolute atomic E-state index is 12.6. The average molecular weight is 394 g/mol. The molecule has 8 nitrogen and oxygen atoms in total. The number of carboxylic acid groups (broad SMARTS) is 1. The summed E-state index contributed by atoms with van der Waals surface area (Å²) in [5.41, 5.74) is 0.437. The van der Waals surface area contributed by atoms with Crippen molar-refractivity contribution in [2.45, 2.75) is 42.8 Å². The maximum atomic E-state index is 12.6. The van der Waals surface area contributed by atoms with Crippen molar-refractivity contribution in [2.24, 2.45) is 11.8 Å². The van der Waals surface area contributed by atoms with Gasteiger partial charge in [-0.3, -0.25) is 9.59 Å². The van der Waals surface area contributed by atoms with E-state index >= 15 is 0 Å². The lowest BCUT2D eigenvalue weighted by molar-refractivity contribution is -0.147. The third-order valence-electron chi connectivity index (χ3n) is 5.69. The van der Waals surface area contributed by atoms with E-state index in [1.807, 2.05) is 0 Å². The van der Waals surface area contributed by atoms with Crippen LogP contribution in [0.25, 0.3) is 0 Å². The number of carboxylic acids is 1. The molecule has 0 radical (unpaired) electrons. The van der Waals surface area contributed by atoms with Crippen LogP contribution in [0.3, 0.4) is 0 Å². The zero-order chi connectivity index (χ0) is 19.2. The highest BCUT2D eigenvalue weighted by Gasteiger charge is 2.55. The Morgan fingerprint density at radius 1 is 1.04 bits per heavy atom. The predicted molar refractivity (Wildman–Crippen MR) is 95.6 cm³/mol. The van der Waals surface area contributed by atoms with Crippen LogP contribution in [0, 0.1) is 11.8 Å². The van der Waals surface area contributed by atoms with Gasteiger partial charge in [0.2, 0.25) is 15.9 Å². The third-order valence-corrected chi connectivity index (χ3v) is 7.60. The number of rotatable bonds is 5. The lowest BCUT2D eigenvalue weighted by Gasteiger charge is -2.24. The second kappa shape index (κ2) is 6.88. The minimum Gasteiger partial charge on any atom is -0.481 e. The number of benzene rings is 1. The topological polar surface area (TPSA) is 113 Å². The van der Waals surface area contributed by atoms with E-state index in [-0.39, 0.29) is 11.0 Å². The van der Waals surface area contributed by atoms with E-state index in [9.17, 15) is 23.1 Å². The summed E-state index contributed by atoms with van der Waals surface area (Å²) < 4.78 is 32.2. The number of ether oxygens (including phenoxy) is 1. The third kappa shape index (κ3) is 3.24. The molecule has 0 aliphatic carbocycles. The number of aliphatic carboxylic acids is 1. The number of carbonyl (C=O) groups is 2. The van der Waals surface area contributed by atoms with Gasteiger partial charge >= 0.3 is 5.97 Å². The average Bonchev–Trinajstić information content (AvgIpc) is 3.38. The summed E-state index contributed by atoms with van der Waals surface area (Å²) in [4.78, 5) is 24.3. The van der Waals surface area contributed by atoms with E-state index in [0.717, 1.165) is 12.8 Å². The first-order chi connectivity index (χ1) is 12.9. The number of hydrogen-bond acceptors (Lipinski definition) is 5. The van der Waals surface area contributed by atoms with Gasteiger partial charge in [0.25, 0.3) is 0 Å². The van der Waals surface area contributed by atoms with Crippen LogP contribution in [0.4, 0.5) is 5.69 Å². The van der Waals surface area contributed by atoms with Gasteiger partial charge in [-0.05, 0) is 49.9 Å². The monoisotopic (exact) mass is 394 g/mol. The fourth-order valence-electron chi connectivity index (χ4n) is 4.34. The second-order valence-electron chi connectivity index (χ2n) is 7.30. The molecule has 3 heterocycles. The van der Waals surface area contributed by atoms with Gasteiger partial charge in [0.05, 0.1) is 28.9 Å². The molecule has 2 bridgehead atoms. The maximum Gasteiger partial charge on any atom is 0.310 e. The van der Waals surface area contributed by atoms with E-state index in [2.05, 4.69) is 5.32 Å². The van der Waals surface area contributed by atoms with Crippen LogP contribution in [-0.4, -0.2) is 55.0 Å². The standard InChI is InChI=1S/C18H22N2O6S/c21-17(15-13-7-8-14(26-13)16(15)18(22)23)19-11-3-5-12(6-4-11)27(24,25)20-9-1-2-10-20/h3-6,13-16H,1-2,7-10H2,(H,19,21)(H,22,23)/t13-,14+,15+,16-/m1/s1. The van der Waals surface area contributed by atoms with Crippen LogP contribution in [-0.2, 0) is 24.3 Å². The molecule has 2 N–H and O–H groups in total. The van der Waals surface area contributed by atoms with E-state index in [4.69, 9.17) is 4.74 Å². The predicted octanol–water partition coefficient (Wildman–Crippen LogP) is 1.29. The molecule has 4 atom stereocenters. The number of nitrogens with zero attached hydrogens (tertiary/aromatic N) is 1. The van der Waals surface area contributed by atoms with Crippen molar-refractivity contribution in [3.05, 3.63) is 24.3 Å². The molecule has 3 fully saturated rings. The van der Waals surface area contributed by atoms with Crippen molar-refractivity contribution in [3.8, 4) is 0 Å². The number of amides is 1. The van der Waals surface area contributed by atoms with E-state index in [1.165, 1.54) is 28.6 Å². The summed E-state index contributed by atoms with van der Waals surface area (Å²) >= 11 is 0. The molecule has 0 saturated carbocycles. The molecular weight excluding hydrogens is 372 g/mol. The molecule has 146 valence electrons. The zero-order valence-corrected chi connectivity index (χ0v) is 15.5. The van der Waals surface area contributed by atoms with Crippen molar-refractivity contribution >= 4 is 27.6 Å². The Morgan fingerprint density at radius 2 is 1.63 bits per heavy atom. The molecule has 9 heteroatoms. The Kier molecular flexibility index (Phi) is 4.69. The molecule has 4 rings (SSSR count). The summed E-state index contributed by atoms with van der Waals surface area (Å²) in [6.07, 6.45) is 2.30. The molecule has 3 aliphatic rings. The van der Waals surface area contributed by atoms with Crippen molar-refractivity contribution in [1.29, 1.82) is 0 Å². The largest absolute Gasteiger partial charge is 0.481 e. The minimum absolute atomic E-state index is 0.189. The highest BCUT2D eigenvalue weighted by Crippen LogP contribution is 2.44. The summed E-state index contributed by atoms with van der Waals surface area (Å²) in [6.45, 7) is 1.06. The first kappa shape index (κ1) is 18.4. The van der Waals surface area contributed by atoms with Crippen LogP contribution in [0.2, 0.25) is 0 Å². The first-order valence-corrected chi connectivity index (χ1v) is 10.6. The van der Waals surface area contributed by atoms with Gasteiger partial charge in [0.1, 0.15) is 0 Å². The van der Waals surface area contributed by atoms with Gasteiger partial charge in [-0.2, -0.15) is 4.31 Å². The minimum atomic E-state index is -3.50. The fraction of sp³-hybridized carbons (Fsp3) is 0.556. The van der Waals surface area contributed by atoms with Gasteiger partial charge in [0.15, 0.2) is 0 Å². The molecule has 27 heavy (non-hydrogen) atoms. The van der Waals surface area contributed by atoms with E-state index in [0.29, 0.717) is 31.6 Å². The Hall–Kier alpha value is -1.97. The number of sulfonamides is 1. The van der Waals surface area contributed by atoms with Crippen LogP contribution >= 0.6 is 0 Å². The lowest BCUT2D eigenvalue weighted by atomic mass is 9.78. The smallest absolute Gasteiger partial charge is 0.310 e. The Labute approximate surface area is 157 Å². The normalized spacial score (nSPS) is 30.5. The van der Waals surface area contributed by atoms with Crippen molar-refractivity contribution in [2.75, 3.05) is 18.4 Å². The van der Waals surface area contributed by atoms with Crippen LogP contribution in [0.5, 0.6) is 0 Å². The Bertz CT molecular complexity index is 847. The number of carbonyl (C=O) groups excluding carboxylic acids is 1. The van der Waals surface area contributed by atoms with Gasteiger partial charge in [0, 0.05) is 18.8 Å².